The average molecular weight is 173 g/mol. The van der Waals surface area contributed by atoms with Crippen LogP contribution in [-0.2, 0) is 9.47 Å². The van der Waals surface area contributed by atoms with E-state index in [-0.39, 0.29) is 18.2 Å². The molecule has 1 saturated heterocycles. The standard InChI is InChI=1S/C8H15NO3/c1-3-11-8(10)9-7-4-5-12-6(7)2/h6-7H,3-5H2,1-2H3,(H,9,10). The van der Waals surface area contributed by atoms with Gasteiger partial charge in [0.2, 0.25) is 0 Å². The highest BCUT2D eigenvalue weighted by Crippen LogP contribution is 2.12. The van der Waals surface area contributed by atoms with E-state index in [1.807, 2.05) is 6.92 Å². The van der Waals surface area contributed by atoms with Gasteiger partial charge in [0.15, 0.2) is 0 Å². The van der Waals surface area contributed by atoms with Gasteiger partial charge in [-0.3, -0.25) is 0 Å². The molecule has 0 spiro atoms. The third-order valence-electron chi connectivity index (χ3n) is 1.95. The molecule has 0 aliphatic carbocycles. The van der Waals surface area contributed by atoms with Gasteiger partial charge < -0.3 is 14.8 Å². The number of nitrogens with one attached hydrogen (secondary N) is 1. The number of hydrogen-bond acceptors (Lipinski definition) is 3. The maximum Gasteiger partial charge on any atom is 0.407 e. The number of rotatable bonds is 2. The molecule has 12 heavy (non-hydrogen) atoms. The summed E-state index contributed by atoms with van der Waals surface area (Å²) >= 11 is 0. The Morgan fingerprint density at radius 2 is 2.50 bits per heavy atom. The number of amides is 1. The van der Waals surface area contributed by atoms with Gasteiger partial charge in [-0.2, -0.15) is 0 Å². The van der Waals surface area contributed by atoms with E-state index < -0.39 is 0 Å². The monoisotopic (exact) mass is 173 g/mol. The molecule has 0 bridgehead atoms. The normalized spacial score (nSPS) is 28.5. The van der Waals surface area contributed by atoms with Crippen LogP contribution >= 0.6 is 0 Å². The largest absolute Gasteiger partial charge is 0.450 e. The summed E-state index contributed by atoms with van der Waals surface area (Å²) in [7, 11) is 0. The summed E-state index contributed by atoms with van der Waals surface area (Å²) in [5, 5.41) is 2.74. The molecule has 70 valence electrons. The molecule has 4 heteroatoms. The lowest BCUT2D eigenvalue weighted by atomic mass is 10.2. The lowest BCUT2D eigenvalue weighted by Crippen LogP contribution is -2.39. The predicted molar refractivity (Wildman–Crippen MR) is 44.0 cm³/mol. The Hall–Kier alpha value is -0.770. The van der Waals surface area contributed by atoms with Crippen LogP contribution in [-0.4, -0.2) is 31.5 Å². The van der Waals surface area contributed by atoms with Crippen molar-refractivity contribution in [3.05, 3.63) is 0 Å². The molecule has 4 nitrogen and oxygen atoms in total. The van der Waals surface area contributed by atoms with Crippen LogP contribution in [0.15, 0.2) is 0 Å². The van der Waals surface area contributed by atoms with Gasteiger partial charge in [0.05, 0.1) is 18.8 Å². The highest BCUT2D eigenvalue weighted by atomic mass is 16.5. The predicted octanol–water partition coefficient (Wildman–Crippen LogP) is 0.910. The summed E-state index contributed by atoms with van der Waals surface area (Å²) in [6.07, 6.45) is 0.634. The first-order valence-corrected chi connectivity index (χ1v) is 4.29. The smallest absolute Gasteiger partial charge is 0.407 e. The molecule has 1 aliphatic heterocycles. The second-order valence-corrected chi connectivity index (χ2v) is 2.84. The van der Waals surface area contributed by atoms with Crippen molar-refractivity contribution in [3.63, 3.8) is 0 Å². The summed E-state index contributed by atoms with van der Waals surface area (Å²) in [6.45, 7) is 4.87. The Labute approximate surface area is 72.2 Å². The second kappa shape index (κ2) is 4.30. The van der Waals surface area contributed by atoms with Crippen molar-refractivity contribution in [2.45, 2.75) is 32.4 Å². The quantitative estimate of drug-likeness (QED) is 0.675. The van der Waals surface area contributed by atoms with Crippen molar-refractivity contribution in [1.82, 2.24) is 5.32 Å². The Bertz CT molecular complexity index is 160. The van der Waals surface area contributed by atoms with Crippen LogP contribution in [0.2, 0.25) is 0 Å². The van der Waals surface area contributed by atoms with Crippen molar-refractivity contribution in [3.8, 4) is 0 Å². The summed E-state index contributed by atoms with van der Waals surface area (Å²) in [6, 6.07) is 0.115. The molecule has 1 aliphatic rings. The Kier molecular flexibility index (Phi) is 3.34. The molecule has 1 N–H and O–H groups in total. The zero-order valence-electron chi connectivity index (χ0n) is 7.50. The molecular formula is C8H15NO3. The third-order valence-corrected chi connectivity index (χ3v) is 1.95. The highest BCUT2D eigenvalue weighted by Gasteiger charge is 2.25. The molecule has 0 aromatic carbocycles. The van der Waals surface area contributed by atoms with Gasteiger partial charge in [0.1, 0.15) is 0 Å². The van der Waals surface area contributed by atoms with E-state index in [1.165, 1.54) is 0 Å². The van der Waals surface area contributed by atoms with Crippen LogP contribution in [0, 0.1) is 0 Å². The van der Waals surface area contributed by atoms with Gasteiger partial charge in [0.25, 0.3) is 0 Å². The molecular weight excluding hydrogens is 158 g/mol. The molecule has 1 rings (SSSR count). The molecule has 0 aromatic heterocycles. The first-order valence-electron chi connectivity index (χ1n) is 4.29. The fourth-order valence-electron chi connectivity index (χ4n) is 1.25. The zero-order valence-corrected chi connectivity index (χ0v) is 7.50. The van der Waals surface area contributed by atoms with Crippen LogP contribution in [0.25, 0.3) is 0 Å². The van der Waals surface area contributed by atoms with Crippen molar-refractivity contribution in [2.75, 3.05) is 13.2 Å². The minimum atomic E-state index is -0.347. The summed E-state index contributed by atoms with van der Waals surface area (Å²) in [5.41, 5.74) is 0. The second-order valence-electron chi connectivity index (χ2n) is 2.84. The zero-order chi connectivity index (χ0) is 8.97. The number of hydrogen-bond donors (Lipinski definition) is 1. The molecule has 2 atom stereocenters. The Morgan fingerprint density at radius 3 is 3.00 bits per heavy atom. The van der Waals surface area contributed by atoms with E-state index in [9.17, 15) is 4.79 Å². The van der Waals surface area contributed by atoms with E-state index in [2.05, 4.69) is 5.32 Å². The first-order chi connectivity index (χ1) is 5.74. The molecule has 1 fully saturated rings. The third kappa shape index (κ3) is 2.37. The lowest BCUT2D eigenvalue weighted by Gasteiger charge is -2.15. The SMILES string of the molecule is CCOC(=O)NC1CCOC1C. The number of carbonyl (C=O) groups is 1. The van der Waals surface area contributed by atoms with Gasteiger partial charge in [-0.1, -0.05) is 0 Å². The molecule has 1 amide bonds. The maximum atomic E-state index is 11.0. The topological polar surface area (TPSA) is 47.6 Å². The number of carbonyl (C=O) groups excluding carboxylic acids is 1. The molecule has 2 unspecified atom stereocenters. The van der Waals surface area contributed by atoms with Gasteiger partial charge in [-0.25, -0.2) is 4.79 Å². The maximum absolute atomic E-state index is 11.0. The van der Waals surface area contributed by atoms with E-state index in [0.29, 0.717) is 6.61 Å². The average Bonchev–Trinajstić information content (AvgIpc) is 2.37. The summed E-state index contributed by atoms with van der Waals surface area (Å²) in [5.74, 6) is 0. The summed E-state index contributed by atoms with van der Waals surface area (Å²) < 4.78 is 10.0. The Morgan fingerprint density at radius 1 is 1.75 bits per heavy atom. The fraction of sp³-hybridized carbons (Fsp3) is 0.875. The van der Waals surface area contributed by atoms with Gasteiger partial charge in [0, 0.05) is 6.61 Å². The van der Waals surface area contributed by atoms with Gasteiger partial charge in [-0.15, -0.1) is 0 Å². The van der Waals surface area contributed by atoms with Crippen LogP contribution in [0.4, 0.5) is 4.79 Å². The molecule has 1 heterocycles. The molecule has 0 saturated carbocycles. The first kappa shape index (κ1) is 9.32. The van der Waals surface area contributed by atoms with Crippen molar-refractivity contribution >= 4 is 6.09 Å². The van der Waals surface area contributed by atoms with Crippen molar-refractivity contribution < 1.29 is 14.3 Å². The van der Waals surface area contributed by atoms with E-state index >= 15 is 0 Å². The van der Waals surface area contributed by atoms with E-state index in [1.54, 1.807) is 6.92 Å². The van der Waals surface area contributed by atoms with E-state index in [0.717, 1.165) is 13.0 Å². The minimum absolute atomic E-state index is 0.106. The van der Waals surface area contributed by atoms with Gasteiger partial charge in [-0.05, 0) is 20.3 Å². The highest BCUT2D eigenvalue weighted by molar-refractivity contribution is 5.67. The van der Waals surface area contributed by atoms with Crippen LogP contribution in [0.1, 0.15) is 20.3 Å². The minimum Gasteiger partial charge on any atom is -0.450 e. The van der Waals surface area contributed by atoms with Gasteiger partial charge >= 0.3 is 6.09 Å². The lowest BCUT2D eigenvalue weighted by molar-refractivity contribution is 0.106. The van der Waals surface area contributed by atoms with Crippen LogP contribution in [0.5, 0.6) is 0 Å². The summed E-state index contributed by atoms with van der Waals surface area (Å²) in [4.78, 5) is 11.0. The van der Waals surface area contributed by atoms with Crippen LogP contribution in [0.3, 0.4) is 0 Å². The Balaban J connectivity index is 2.25. The number of ether oxygens (including phenoxy) is 2. The fourth-order valence-corrected chi connectivity index (χ4v) is 1.25. The van der Waals surface area contributed by atoms with Crippen LogP contribution < -0.4 is 5.32 Å². The van der Waals surface area contributed by atoms with Crippen molar-refractivity contribution in [1.29, 1.82) is 0 Å². The molecule has 0 aromatic rings. The number of alkyl carbamates (subject to hydrolysis) is 1. The van der Waals surface area contributed by atoms with E-state index in [4.69, 9.17) is 9.47 Å². The van der Waals surface area contributed by atoms with Crippen molar-refractivity contribution in [2.24, 2.45) is 0 Å². The molecule has 0 radical (unpaired) electrons.